The van der Waals surface area contributed by atoms with Crippen LogP contribution < -0.4 is 5.32 Å². The van der Waals surface area contributed by atoms with Gasteiger partial charge < -0.3 is 15.2 Å². The molecule has 2 aliphatic rings. The number of hydrogen-bond donors (Lipinski definition) is 2. The average molecular weight is 241 g/mol. The summed E-state index contributed by atoms with van der Waals surface area (Å²) in [6.45, 7) is 7.31. The van der Waals surface area contributed by atoms with Crippen LogP contribution in [0, 0.1) is 5.41 Å². The van der Waals surface area contributed by atoms with Crippen LogP contribution >= 0.6 is 0 Å². The van der Waals surface area contributed by atoms with Crippen LogP contribution in [0.25, 0.3) is 0 Å². The Morgan fingerprint density at radius 3 is 2.53 bits per heavy atom. The van der Waals surface area contributed by atoms with Gasteiger partial charge >= 0.3 is 0 Å². The molecule has 2 N–H and O–H groups in total. The quantitative estimate of drug-likeness (QED) is 0.774. The van der Waals surface area contributed by atoms with Gasteiger partial charge in [-0.05, 0) is 40.0 Å². The molecule has 3 nitrogen and oxygen atoms in total. The second-order valence-electron chi connectivity index (χ2n) is 6.37. The predicted octanol–water partition coefficient (Wildman–Crippen LogP) is 2.08. The van der Waals surface area contributed by atoms with Gasteiger partial charge in [0.05, 0.1) is 11.7 Å². The molecule has 100 valence electrons. The third kappa shape index (κ3) is 2.67. The molecule has 2 rings (SSSR count). The summed E-state index contributed by atoms with van der Waals surface area (Å²) in [5.74, 6) is 0. The van der Waals surface area contributed by atoms with E-state index in [1.807, 2.05) is 13.8 Å². The molecule has 2 aliphatic carbocycles. The highest BCUT2D eigenvalue weighted by molar-refractivity contribution is 5.10. The molecule has 0 aromatic carbocycles. The Balaban J connectivity index is 1.91. The molecule has 2 fully saturated rings. The van der Waals surface area contributed by atoms with Crippen molar-refractivity contribution in [3.8, 4) is 0 Å². The first-order valence-electron chi connectivity index (χ1n) is 7.05. The van der Waals surface area contributed by atoms with Crippen LogP contribution in [0.5, 0.6) is 0 Å². The van der Waals surface area contributed by atoms with Gasteiger partial charge in [0.25, 0.3) is 0 Å². The summed E-state index contributed by atoms with van der Waals surface area (Å²) in [5.41, 5.74) is -0.238. The molecule has 2 unspecified atom stereocenters. The Morgan fingerprint density at radius 2 is 2.00 bits per heavy atom. The fourth-order valence-electron chi connectivity index (χ4n) is 3.55. The third-order valence-electron chi connectivity index (χ3n) is 4.47. The van der Waals surface area contributed by atoms with Crippen LogP contribution in [-0.4, -0.2) is 36.0 Å². The summed E-state index contributed by atoms with van der Waals surface area (Å²) >= 11 is 0. The van der Waals surface area contributed by atoms with Crippen molar-refractivity contribution in [2.24, 2.45) is 5.41 Å². The van der Waals surface area contributed by atoms with Gasteiger partial charge in [0.2, 0.25) is 0 Å². The normalized spacial score (nSPS) is 31.8. The minimum atomic E-state index is -0.615. The van der Waals surface area contributed by atoms with Gasteiger partial charge in [0.15, 0.2) is 0 Å². The van der Waals surface area contributed by atoms with Gasteiger partial charge in [0.1, 0.15) is 0 Å². The second kappa shape index (κ2) is 4.87. The molecule has 0 amide bonds. The minimum Gasteiger partial charge on any atom is -0.389 e. The number of rotatable bonds is 5. The fourth-order valence-corrected chi connectivity index (χ4v) is 3.55. The van der Waals surface area contributed by atoms with Crippen molar-refractivity contribution in [2.45, 2.75) is 70.6 Å². The van der Waals surface area contributed by atoms with E-state index in [0.717, 1.165) is 13.0 Å². The van der Waals surface area contributed by atoms with Gasteiger partial charge in [-0.25, -0.2) is 0 Å². The minimum absolute atomic E-state index is 0.376. The van der Waals surface area contributed by atoms with Crippen molar-refractivity contribution < 1.29 is 9.84 Å². The molecule has 0 aromatic heterocycles. The molecule has 2 atom stereocenters. The maximum Gasteiger partial charge on any atom is 0.0715 e. The monoisotopic (exact) mass is 241 g/mol. The summed E-state index contributed by atoms with van der Waals surface area (Å²) < 4.78 is 5.88. The zero-order valence-electron chi connectivity index (χ0n) is 11.5. The molecule has 0 saturated heterocycles. The Kier molecular flexibility index (Phi) is 3.81. The summed E-state index contributed by atoms with van der Waals surface area (Å²) in [6, 6.07) is 0.549. The molecule has 2 saturated carbocycles. The van der Waals surface area contributed by atoms with Crippen molar-refractivity contribution in [3.05, 3.63) is 0 Å². The van der Waals surface area contributed by atoms with Crippen molar-refractivity contribution in [2.75, 3.05) is 13.2 Å². The van der Waals surface area contributed by atoms with Gasteiger partial charge in [-0.1, -0.05) is 12.8 Å². The highest BCUT2D eigenvalue weighted by Gasteiger charge is 2.56. The summed E-state index contributed by atoms with van der Waals surface area (Å²) in [5, 5.41) is 13.3. The van der Waals surface area contributed by atoms with E-state index in [0.29, 0.717) is 24.1 Å². The first-order chi connectivity index (χ1) is 7.98. The highest BCUT2D eigenvalue weighted by atomic mass is 16.5. The van der Waals surface area contributed by atoms with E-state index in [1.165, 1.54) is 25.7 Å². The molecule has 0 radical (unpaired) electrons. The molecule has 0 aromatic rings. The first-order valence-corrected chi connectivity index (χ1v) is 7.05. The standard InChI is InChI=1S/C14H27NO2/c1-4-17-12-9-11(15-10-13(2,3)16)14(12)7-5-6-8-14/h11-12,15-16H,4-10H2,1-3H3. The molecule has 0 aliphatic heterocycles. The van der Waals surface area contributed by atoms with E-state index in [9.17, 15) is 5.11 Å². The molecule has 17 heavy (non-hydrogen) atoms. The van der Waals surface area contributed by atoms with Crippen molar-refractivity contribution >= 4 is 0 Å². The zero-order valence-corrected chi connectivity index (χ0v) is 11.5. The van der Waals surface area contributed by atoms with Gasteiger partial charge in [-0.15, -0.1) is 0 Å². The van der Waals surface area contributed by atoms with Crippen molar-refractivity contribution in [1.82, 2.24) is 5.32 Å². The molecule has 1 spiro atoms. The molecular weight excluding hydrogens is 214 g/mol. The number of ether oxygens (including phenoxy) is 1. The largest absolute Gasteiger partial charge is 0.389 e. The van der Waals surface area contributed by atoms with Crippen LogP contribution in [0.2, 0.25) is 0 Å². The molecular formula is C14H27NO2. The Bertz CT molecular complexity index is 253. The van der Waals surface area contributed by atoms with E-state index in [2.05, 4.69) is 12.2 Å². The van der Waals surface area contributed by atoms with Gasteiger partial charge in [0, 0.05) is 24.6 Å². The SMILES string of the molecule is CCOC1CC(NCC(C)(C)O)C12CCCC2. The van der Waals surface area contributed by atoms with Crippen LogP contribution in [0.3, 0.4) is 0 Å². The summed E-state index contributed by atoms with van der Waals surface area (Å²) in [7, 11) is 0. The van der Waals surface area contributed by atoms with Crippen LogP contribution in [0.4, 0.5) is 0 Å². The lowest BCUT2D eigenvalue weighted by Crippen LogP contribution is -2.64. The van der Waals surface area contributed by atoms with E-state index < -0.39 is 5.60 Å². The lowest BCUT2D eigenvalue weighted by atomic mass is 9.60. The number of nitrogens with one attached hydrogen (secondary N) is 1. The topological polar surface area (TPSA) is 41.5 Å². The fraction of sp³-hybridized carbons (Fsp3) is 1.00. The van der Waals surface area contributed by atoms with Gasteiger partial charge in [-0.3, -0.25) is 0 Å². The molecule has 0 heterocycles. The van der Waals surface area contributed by atoms with Crippen LogP contribution in [-0.2, 0) is 4.74 Å². The Hall–Kier alpha value is -0.120. The molecule has 0 bridgehead atoms. The van der Waals surface area contributed by atoms with Crippen LogP contribution in [0.1, 0.15) is 52.9 Å². The second-order valence-corrected chi connectivity index (χ2v) is 6.37. The lowest BCUT2D eigenvalue weighted by Gasteiger charge is -2.54. The third-order valence-corrected chi connectivity index (χ3v) is 4.47. The Morgan fingerprint density at radius 1 is 1.35 bits per heavy atom. The lowest BCUT2D eigenvalue weighted by molar-refractivity contribution is -0.133. The van der Waals surface area contributed by atoms with E-state index >= 15 is 0 Å². The summed E-state index contributed by atoms with van der Waals surface area (Å²) in [4.78, 5) is 0. The zero-order chi connectivity index (χ0) is 12.5. The number of hydrogen-bond acceptors (Lipinski definition) is 3. The summed E-state index contributed by atoms with van der Waals surface area (Å²) in [6.07, 6.45) is 6.83. The van der Waals surface area contributed by atoms with E-state index in [4.69, 9.17) is 4.74 Å². The van der Waals surface area contributed by atoms with E-state index in [1.54, 1.807) is 0 Å². The average Bonchev–Trinajstić information content (AvgIpc) is 2.72. The van der Waals surface area contributed by atoms with E-state index in [-0.39, 0.29) is 0 Å². The van der Waals surface area contributed by atoms with Crippen molar-refractivity contribution in [3.63, 3.8) is 0 Å². The number of aliphatic hydroxyl groups is 1. The highest BCUT2D eigenvalue weighted by Crippen LogP contribution is 2.54. The smallest absolute Gasteiger partial charge is 0.0715 e. The maximum atomic E-state index is 9.79. The molecule has 3 heteroatoms. The first kappa shape index (κ1) is 13.3. The van der Waals surface area contributed by atoms with Gasteiger partial charge in [-0.2, -0.15) is 0 Å². The van der Waals surface area contributed by atoms with Crippen LogP contribution in [0.15, 0.2) is 0 Å². The maximum absolute atomic E-state index is 9.79. The van der Waals surface area contributed by atoms with Crippen molar-refractivity contribution in [1.29, 1.82) is 0 Å². The Labute approximate surface area is 105 Å². The predicted molar refractivity (Wildman–Crippen MR) is 69.0 cm³/mol.